The van der Waals surface area contributed by atoms with Crippen molar-refractivity contribution in [1.82, 2.24) is 0 Å². The van der Waals surface area contributed by atoms with Gasteiger partial charge in [0.15, 0.2) is 5.75 Å². The number of benzene rings is 2. The lowest BCUT2D eigenvalue weighted by Crippen LogP contribution is -2.13. The first-order chi connectivity index (χ1) is 11.8. The fourth-order valence-electron chi connectivity index (χ4n) is 1.91. The summed E-state index contributed by atoms with van der Waals surface area (Å²) >= 11 is 0. The molecule has 0 saturated heterocycles. The molecule has 2 N–H and O–H groups in total. The summed E-state index contributed by atoms with van der Waals surface area (Å²) < 4.78 is 33.2. The Morgan fingerprint density at radius 3 is 2.52 bits per heavy atom. The molecule has 0 aromatic heterocycles. The standard InChI is InChI=1S/C15H13N3O6S/c16-10-11-2-1-3-12(8-11)23-6-7-24-15-5-4-13(25(17,21)22)9-14(15)18(19)20/h1-5,8-9H,6-7H2,(H2,17,21,22). The number of sulfonamides is 1. The predicted octanol–water partition coefficient (Wildman–Crippen LogP) is 1.57. The Hall–Kier alpha value is -3.16. The van der Waals surface area contributed by atoms with Gasteiger partial charge in [0, 0.05) is 6.07 Å². The summed E-state index contributed by atoms with van der Waals surface area (Å²) in [4.78, 5) is 9.91. The van der Waals surface area contributed by atoms with Gasteiger partial charge in [-0.25, -0.2) is 13.6 Å². The molecule has 9 nitrogen and oxygen atoms in total. The smallest absolute Gasteiger partial charge is 0.312 e. The second kappa shape index (κ2) is 7.61. The Bertz CT molecular complexity index is 937. The molecule has 0 bridgehead atoms. The third-order valence-corrected chi connectivity index (χ3v) is 3.94. The Balaban J connectivity index is 2.03. The summed E-state index contributed by atoms with van der Waals surface area (Å²) in [5.41, 5.74) is -0.0781. The van der Waals surface area contributed by atoms with Gasteiger partial charge in [-0.3, -0.25) is 10.1 Å². The molecule has 2 aromatic rings. The van der Waals surface area contributed by atoms with Crippen LogP contribution in [0.5, 0.6) is 11.5 Å². The molecule has 25 heavy (non-hydrogen) atoms. The van der Waals surface area contributed by atoms with Crippen molar-refractivity contribution in [2.45, 2.75) is 4.90 Å². The van der Waals surface area contributed by atoms with E-state index in [1.807, 2.05) is 6.07 Å². The number of nitriles is 1. The molecule has 2 aromatic carbocycles. The summed E-state index contributed by atoms with van der Waals surface area (Å²) in [6, 6.07) is 11.6. The topological polar surface area (TPSA) is 146 Å². The van der Waals surface area contributed by atoms with Crippen LogP contribution in [0.4, 0.5) is 5.69 Å². The Morgan fingerprint density at radius 1 is 1.16 bits per heavy atom. The largest absolute Gasteiger partial charge is 0.490 e. The van der Waals surface area contributed by atoms with E-state index in [1.54, 1.807) is 24.3 Å². The molecule has 0 unspecified atom stereocenters. The SMILES string of the molecule is N#Cc1cccc(OCCOc2ccc(S(N)(=O)=O)cc2[N+](=O)[O-])c1. The number of hydrogen-bond acceptors (Lipinski definition) is 7. The Labute approximate surface area is 143 Å². The van der Waals surface area contributed by atoms with Crippen molar-refractivity contribution in [2.24, 2.45) is 5.14 Å². The quantitative estimate of drug-likeness (QED) is 0.446. The van der Waals surface area contributed by atoms with Gasteiger partial charge in [-0.15, -0.1) is 0 Å². The van der Waals surface area contributed by atoms with Crippen LogP contribution in [0.15, 0.2) is 47.4 Å². The number of rotatable bonds is 7. The van der Waals surface area contributed by atoms with Crippen molar-refractivity contribution in [3.8, 4) is 17.6 Å². The third kappa shape index (κ3) is 4.90. The molecule has 0 amide bonds. The number of nitro benzene ring substituents is 1. The predicted molar refractivity (Wildman–Crippen MR) is 86.6 cm³/mol. The fraction of sp³-hybridized carbons (Fsp3) is 0.133. The molecule has 0 saturated carbocycles. The van der Waals surface area contributed by atoms with E-state index in [2.05, 4.69) is 0 Å². The van der Waals surface area contributed by atoms with E-state index in [9.17, 15) is 18.5 Å². The Morgan fingerprint density at radius 2 is 1.88 bits per heavy atom. The van der Waals surface area contributed by atoms with Crippen molar-refractivity contribution in [3.63, 3.8) is 0 Å². The molecule has 0 aliphatic rings. The van der Waals surface area contributed by atoms with E-state index in [0.29, 0.717) is 11.3 Å². The van der Waals surface area contributed by atoms with Crippen molar-refractivity contribution in [2.75, 3.05) is 13.2 Å². The summed E-state index contributed by atoms with van der Waals surface area (Å²) in [5, 5.41) is 24.8. The highest BCUT2D eigenvalue weighted by Gasteiger charge is 2.20. The van der Waals surface area contributed by atoms with Gasteiger partial charge in [-0.05, 0) is 30.3 Å². The molecule has 0 spiro atoms. The summed E-state index contributed by atoms with van der Waals surface area (Å²) in [6.07, 6.45) is 0. The zero-order valence-electron chi connectivity index (χ0n) is 12.8. The minimum absolute atomic E-state index is 0.0215. The van der Waals surface area contributed by atoms with Crippen LogP contribution in [-0.4, -0.2) is 26.6 Å². The molecular weight excluding hydrogens is 350 g/mol. The van der Waals surface area contributed by atoms with Gasteiger partial charge in [0.1, 0.15) is 19.0 Å². The average molecular weight is 363 g/mol. The third-order valence-electron chi connectivity index (χ3n) is 3.03. The lowest BCUT2D eigenvalue weighted by molar-refractivity contribution is -0.386. The lowest BCUT2D eigenvalue weighted by atomic mass is 10.2. The number of nitrogens with zero attached hydrogens (tertiary/aromatic N) is 2. The van der Waals surface area contributed by atoms with Crippen molar-refractivity contribution >= 4 is 15.7 Å². The van der Waals surface area contributed by atoms with Crippen LogP contribution < -0.4 is 14.6 Å². The van der Waals surface area contributed by atoms with Crippen LogP contribution in [-0.2, 0) is 10.0 Å². The maximum absolute atomic E-state index is 11.3. The van der Waals surface area contributed by atoms with Crippen molar-refractivity contribution in [3.05, 3.63) is 58.1 Å². The molecule has 130 valence electrons. The van der Waals surface area contributed by atoms with Crippen LogP contribution in [0.25, 0.3) is 0 Å². The van der Waals surface area contributed by atoms with Crippen LogP contribution in [0.1, 0.15) is 5.56 Å². The first-order valence-electron chi connectivity index (χ1n) is 6.88. The van der Waals surface area contributed by atoms with E-state index in [4.69, 9.17) is 19.9 Å². The number of nitro groups is 1. The first-order valence-corrected chi connectivity index (χ1v) is 8.43. The fourth-order valence-corrected chi connectivity index (χ4v) is 2.44. The molecule has 0 aliphatic carbocycles. The van der Waals surface area contributed by atoms with Gasteiger partial charge >= 0.3 is 5.69 Å². The van der Waals surface area contributed by atoms with E-state index in [-0.39, 0.29) is 23.9 Å². The van der Waals surface area contributed by atoms with Crippen LogP contribution in [0.3, 0.4) is 0 Å². The van der Waals surface area contributed by atoms with Gasteiger partial charge in [0.05, 0.1) is 21.5 Å². The molecule has 0 heterocycles. The average Bonchev–Trinajstić information content (AvgIpc) is 2.58. The molecule has 0 atom stereocenters. The van der Waals surface area contributed by atoms with Gasteiger partial charge < -0.3 is 9.47 Å². The van der Waals surface area contributed by atoms with Crippen molar-refractivity contribution in [1.29, 1.82) is 5.26 Å². The molecule has 0 fully saturated rings. The Kier molecular flexibility index (Phi) is 5.53. The highest BCUT2D eigenvalue weighted by Crippen LogP contribution is 2.29. The lowest BCUT2D eigenvalue weighted by Gasteiger charge is -2.09. The normalized spacial score (nSPS) is 10.7. The highest BCUT2D eigenvalue weighted by molar-refractivity contribution is 7.89. The highest BCUT2D eigenvalue weighted by atomic mass is 32.2. The summed E-state index contributed by atoms with van der Waals surface area (Å²) in [7, 11) is -4.05. The molecule has 2 rings (SSSR count). The maximum atomic E-state index is 11.3. The molecular formula is C15H13N3O6S. The monoisotopic (exact) mass is 363 g/mol. The van der Waals surface area contributed by atoms with Crippen molar-refractivity contribution < 1.29 is 22.8 Å². The second-order valence-electron chi connectivity index (χ2n) is 4.77. The maximum Gasteiger partial charge on any atom is 0.312 e. The summed E-state index contributed by atoms with van der Waals surface area (Å²) in [5.74, 6) is 0.355. The van der Waals surface area contributed by atoms with E-state index < -0.39 is 20.6 Å². The number of hydrogen-bond donors (Lipinski definition) is 1. The molecule has 10 heteroatoms. The van der Waals surface area contributed by atoms with Crippen LogP contribution >= 0.6 is 0 Å². The summed E-state index contributed by atoms with van der Waals surface area (Å²) in [6.45, 7) is 0.0509. The van der Waals surface area contributed by atoms with Gasteiger partial charge in [-0.2, -0.15) is 5.26 Å². The van der Waals surface area contributed by atoms with Gasteiger partial charge in [0.25, 0.3) is 0 Å². The second-order valence-corrected chi connectivity index (χ2v) is 6.33. The zero-order valence-corrected chi connectivity index (χ0v) is 13.6. The van der Waals surface area contributed by atoms with E-state index >= 15 is 0 Å². The van der Waals surface area contributed by atoms with Crippen LogP contribution in [0.2, 0.25) is 0 Å². The van der Waals surface area contributed by atoms with E-state index in [0.717, 1.165) is 18.2 Å². The minimum atomic E-state index is -4.05. The minimum Gasteiger partial charge on any atom is -0.490 e. The van der Waals surface area contributed by atoms with Gasteiger partial charge in [0.2, 0.25) is 10.0 Å². The van der Waals surface area contributed by atoms with Gasteiger partial charge in [-0.1, -0.05) is 6.07 Å². The first kappa shape index (κ1) is 18.2. The van der Waals surface area contributed by atoms with Crippen LogP contribution in [0, 0.1) is 21.4 Å². The zero-order chi connectivity index (χ0) is 18.4. The molecule has 0 radical (unpaired) electrons. The van der Waals surface area contributed by atoms with E-state index in [1.165, 1.54) is 0 Å². The number of ether oxygens (including phenoxy) is 2. The number of primary sulfonamides is 1. The number of nitrogens with two attached hydrogens (primary N) is 1. The molecule has 0 aliphatic heterocycles.